The van der Waals surface area contributed by atoms with Crippen molar-refractivity contribution in [1.82, 2.24) is 24.8 Å². The Balaban J connectivity index is 1.57. The van der Waals surface area contributed by atoms with Crippen LogP contribution in [0.2, 0.25) is 0 Å². The van der Waals surface area contributed by atoms with Crippen molar-refractivity contribution < 1.29 is 14.3 Å². The van der Waals surface area contributed by atoms with E-state index in [9.17, 15) is 4.79 Å². The molecule has 2 N–H and O–H groups in total. The molecule has 10 heteroatoms. The Hall–Kier alpha value is -3.01. The number of ether oxygens (including phenoxy) is 2. The van der Waals surface area contributed by atoms with Gasteiger partial charge in [-0.05, 0) is 0 Å². The first-order valence-corrected chi connectivity index (χ1v) is 9.26. The van der Waals surface area contributed by atoms with Gasteiger partial charge in [-0.3, -0.25) is 4.79 Å². The van der Waals surface area contributed by atoms with Gasteiger partial charge in [0.15, 0.2) is 0 Å². The monoisotopic (exact) mass is 385 g/mol. The van der Waals surface area contributed by atoms with Crippen LogP contribution >= 0.6 is 0 Å². The molecule has 0 radical (unpaired) electrons. The summed E-state index contributed by atoms with van der Waals surface area (Å²) < 4.78 is 11.5. The minimum Gasteiger partial charge on any atom is -0.474 e. The molecule has 28 heavy (non-hydrogen) atoms. The van der Waals surface area contributed by atoms with E-state index in [1.165, 1.54) is 0 Å². The van der Waals surface area contributed by atoms with Crippen molar-refractivity contribution in [3.05, 3.63) is 18.5 Å². The van der Waals surface area contributed by atoms with Gasteiger partial charge in [-0.2, -0.15) is 4.98 Å². The van der Waals surface area contributed by atoms with Gasteiger partial charge in [-0.1, -0.05) is 0 Å². The minimum absolute atomic E-state index is 0.0235. The molecular weight excluding hydrogens is 362 g/mol. The van der Waals surface area contributed by atoms with Gasteiger partial charge in [0.05, 0.1) is 18.9 Å². The van der Waals surface area contributed by atoms with Crippen molar-refractivity contribution in [1.29, 1.82) is 0 Å². The molecule has 0 atom stereocenters. The molecule has 2 aromatic rings. The lowest BCUT2D eigenvalue weighted by Gasteiger charge is -2.39. The standard InChI is InChI=1S/C18H23N7O3/c1-24(11-26)13-6-14(7-13)28-16-8-15(12-9-20-17(19)21-10-12)22-18(23-16)25-2-4-27-5-3-25/h8-11,13-14H,2-7H2,1H3,(H2,19,20,21)/t13-,14-. The molecule has 1 aliphatic carbocycles. The van der Waals surface area contributed by atoms with Gasteiger partial charge in [0, 0.05) is 63.0 Å². The Morgan fingerprint density at radius 3 is 2.64 bits per heavy atom. The molecule has 0 unspecified atom stereocenters. The third-order valence-electron chi connectivity index (χ3n) is 5.05. The lowest BCUT2D eigenvalue weighted by Crippen LogP contribution is -2.47. The van der Waals surface area contributed by atoms with Gasteiger partial charge in [-0.25, -0.2) is 15.0 Å². The van der Waals surface area contributed by atoms with E-state index >= 15 is 0 Å². The fourth-order valence-electron chi connectivity index (χ4n) is 3.22. The highest BCUT2D eigenvalue weighted by Gasteiger charge is 2.34. The number of nitrogens with two attached hydrogens (primary N) is 1. The quantitative estimate of drug-likeness (QED) is 0.702. The van der Waals surface area contributed by atoms with Crippen molar-refractivity contribution in [3.8, 4) is 17.1 Å². The van der Waals surface area contributed by atoms with Crippen LogP contribution in [0.4, 0.5) is 11.9 Å². The van der Waals surface area contributed by atoms with Gasteiger partial charge >= 0.3 is 0 Å². The highest BCUT2D eigenvalue weighted by Crippen LogP contribution is 2.30. The first-order chi connectivity index (χ1) is 13.6. The van der Waals surface area contributed by atoms with Crippen molar-refractivity contribution in [2.24, 2.45) is 0 Å². The molecule has 0 spiro atoms. The second kappa shape index (κ2) is 7.93. The predicted molar refractivity (Wildman–Crippen MR) is 102 cm³/mol. The molecule has 1 saturated heterocycles. The summed E-state index contributed by atoms with van der Waals surface area (Å²) >= 11 is 0. The van der Waals surface area contributed by atoms with Crippen LogP contribution in [0.3, 0.4) is 0 Å². The molecule has 1 aliphatic heterocycles. The van der Waals surface area contributed by atoms with Gasteiger partial charge in [0.2, 0.25) is 24.2 Å². The number of rotatable bonds is 6. The highest BCUT2D eigenvalue weighted by atomic mass is 16.5. The summed E-state index contributed by atoms with van der Waals surface area (Å²) in [5.74, 6) is 1.30. The zero-order valence-electron chi connectivity index (χ0n) is 15.7. The molecule has 2 fully saturated rings. The smallest absolute Gasteiger partial charge is 0.229 e. The van der Waals surface area contributed by atoms with Crippen LogP contribution in [-0.2, 0) is 9.53 Å². The highest BCUT2D eigenvalue weighted by molar-refractivity contribution is 5.60. The third kappa shape index (κ3) is 3.96. The second-order valence-corrected chi connectivity index (χ2v) is 6.96. The molecule has 148 valence electrons. The summed E-state index contributed by atoms with van der Waals surface area (Å²) in [6, 6.07) is 2.00. The zero-order valence-corrected chi connectivity index (χ0v) is 15.7. The van der Waals surface area contributed by atoms with Crippen molar-refractivity contribution in [3.63, 3.8) is 0 Å². The van der Waals surface area contributed by atoms with Crippen LogP contribution < -0.4 is 15.4 Å². The molecule has 10 nitrogen and oxygen atoms in total. The molecule has 1 saturated carbocycles. The summed E-state index contributed by atoms with van der Waals surface area (Å²) in [7, 11) is 1.79. The van der Waals surface area contributed by atoms with E-state index in [1.54, 1.807) is 30.4 Å². The maximum Gasteiger partial charge on any atom is 0.229 e. The number of hydrogen-bond acceptors (Lipinski definition) is 9. The molecule has 2 aromatic heterocycles. The van der Waals surface area contributed by atoms with Crippen molar-refractivity contribution in [2.45, 2.75) is 25.0 Å². The first-order valence-electron chi connectivity index (χ1n) is 9.26. The van der Waals surface area contributed by atoms with Crippen LogP contribution in [0.15, 0.2) is 18.5 Å². The molecule has 3 heterocycles. The number of carbonyl (C=O) groups is 1. The fraction of sp³-hybridized carbons (Fsp3) is 0.500. The lowest BCUT2D eigenvalue weighted by molar-refractivity contribution is -0.122. The second-order valence-electron chi connectivity index (χ2n) is 6.96. The molecule has 4 rings (SSSR count). The summed E-state index contributed by atoms with van der Waals surface area (Å²) in [6.45, 7) is 2.71. The van der Waals surface area contributed by atoms with E-state index in [2.05, 4.69) is 24.8 Å². The molecule has 0 aromatic carbocycles. The number of hydrogen-bond donors (Lipinski definition) is 1. The number of morpholine rings is 1. The maximum atomic E-state index is 10.9. The predicted octanol–water partition coefficient (Wildman–Crippen LogP) is 0.350. The first kappa shape index (κ1) is 18.4. The Bertz CT molecular complexity index is 820. The van der Waals surface area contributed by atoms with E-state index in [-0.39, 0.29) is 18.1 Å². The Labute approximate surface area is 162 Å². The van der Waals surface area contributed by atoms with Crippen LogP contribution in [-0.4, -0.2) is 76.7 Å². The van der Waals surface area contributed by atoms with Gasteiger partial charge < -0.3 is 25.0 Å². The van der Waals surface area contributed by atoms with Gasteiger partial charge in [0.1, 0.15) is 6.10 Å². The van der Waals surface area contributed by atoms with Crippen molar-refractivity contribution in [2.75, 3.05) is 44.0 Å². The third-order valence-corrected chi connectivity index (χ3v) is 5.05. The Morgan fingerprint density at radius 1 is 1.25 bits per heavy atom. The zero-order chi connectivity index (χ0) is 19.5. The molecule has 1 amide bonds. The molecule has 2 aliphatic rings. The fourth-order valence-corrected chi connectivity index (χ4v) is 3.22. The number of carbonyl (C=O) groups excluding carboxylic acids is 1. The summed E-state index contributed by atoms with van der Waals surface area (Å²) in [5, 5.41) is 0. The van der Waals surface area contributed by atoms with Crippen LogP contribution in [0.25, 0.3) is 11.3 Å². The van der Waals surface area contributed by atoms with E-state index in [4.69, 9.17) is 15.2 Å². The number of nitrogens with zero attached hydrogens (tertiary/aromatic N) is 6. The Morgan fingerprint density at radius 2 is 1.96 bits per heavy atom. The SMILES string of the molecule is CN(C=O)[C@H]1C[C@H](Oc2cc(-c3cnc(N)nc3)nc(N3CCOCC3)n2)C1. The van der Waals surface area contributed by atoms with E-state index in [0.717, 1.165) is 37.9 Å². The molecule has 0 bridgehead atoms. The molecular formula is C18H23N7O3. The number of aromatic nitrogens is 4. The van der Waals surface area contributed by atoms with Gasteiger partial charge in [0.25, 0.3) is 0 Å². The summed E-state index contributed by atoms with van der Waals surface area (Å²) in [6.07, 6.45) is 5.71. The van der Waals surface area contributed by atoms with E-state index in [0.29, 0.717) is 30.7 Å². The van der Waals surface area contributed by atoms with Crippen LogP contribution in [0.1, 0.15) is 12.8 Å². The topological polar surface area (TPSA) is 120 Å². The largest absolute Gasteiger partial charge is 0.474 e. The maximum absolute atomic E-state index is 10.9. The summed E-state index contributed by atoms with van der Waals surface area (Å²) in [5.41, 5.74) is 7.00. The average Bonchev–Trinajstić information content (AvgIpc) is 2.71. The lowest BCUT2D eigenvalue weighted by atomic mass is 9.88. The minimum atomic E-state index is 0.0235. The Kier molecular flexibility index (Phi) is 5.20. The van der Waals surface area contributed by atoms with Crippen molar-refractivity contribution >= 4 is 18.3 Å². The van der Waals surface area contributed by atoms with Crippen LogP contribution in [0.5, 0.6) is 5.88 Å². The van der Waals surface area contributed by atoms with E-state index in [1.807, 2.05) is 0 Å². The summed E-state index contributed by atoms with van der Waals surface area (Å²) in [4.78, 5) is 32.0. The normalized spacial score (nSPS) is 21.7. The van der Waals surface area contributed by atoms with Crippen LogP contribution in [0, 0.1) is 0 Å². The van der Waals surface area contributed by atoms with E-state index < -0.39 is 0 Å². The average molecular weight is 385 g/mol. The number of amides is 1. The number of anilines is 2. The van der Waals surface area contributed by atoms with Gasteiger partial charge in [-0.15, -0.1) is 0 Å². The number of nitrogen functional groups attached to an aromatic ring is 1.